The lowest BCUT2D eigenvalue weighted by atomic mass is 10.0. The monoisotopic (exact) mass is 218 g/mol. The Morgan fingerprint density at radius 2 is 1.88 bits per heavy atom. The Kier molecular flexibility index (Phi) is 2.60. The van der Waals surface area contributed by atoms with Gasteiger partial charge in [0.25, 0.3) is 0 Å². The summed E-state index contributed by atoms with van der Waals surface area (Å²) in [6.45, 7) is 3.23. The maximum atomic E-state index is 12.8. The van der Waals surface area contributed by atoms with Crippen LogP contribution in [0.15, 0.2) is 34.9 Å². The highest BCUT2D eigenvalue weighted by atomic mass is 19.1. The summed E-state index contributed by atoms with van der Waals surface area (Å²) >= 11 is 0. The van der Waals surface area contributed by atoms with Gasteiger partial charge in [0.15, 0.2) is 5.78 Å². The third kappa shape index (κ3) is 1.76. The van der Waals surface area contributed by atoms with Gasteiger partial charge in [0.05, 0.1) is 11.8 Å². The van der Waals surface area contributed by atoms with Crippen molar-refractivity contribution >= 4 is 5.78 Å². The van der Waals surface area contributed by atoms with Crippen LogP contribution in [0.25, 0.3) is 11.1 Å². The van der Waals surface area contributed by atoms with Crippen molar-refractivity contribution in [2.45, 2.75) is 13.8 Å². The van der Waals surface area contributed by atoms with Crippen molar-refractivity contribution < 1.29 is 13.6 Å². The van der Waals surface area contributed by atoms with E-state index in [-0.39, 0.29) is 11.6 Å². The van der Waals surface area contributed by atoms with Crippen molar-refractivity contribution in [3.8, 4) is 11.1 Å². The van der Waals surface area contributed by atoms with Crippen LogP contribution in [0.3, 0.4) is 0 Å². The largest absolute Gasteiger partial charge is 0.468 e. The Morgan fingerprint density at radius 3 is 2.44 bits per heavy atom. The Hall–Kier alpha value is -1.90. The lowest BCUT2D eigenvalue weighted by Gasteiger charge is -2.00. The van der Waals surface area contributed by atoms with Crippen LogP contribution in [-0.4, -0.2) is 5.78 Å². The normalized spacial score (nSPS) is 10.4. The fourth-order valence-electron chi connectivity index (χ4n) is 1.73. The molecule has 1 aromatic carbocycles. The second-order valence-electron chi connectivity index (χ2n) is 3.64. The molecule has 0 bridgehead atoms. The van der Waals surface area contributed by atoms with Gasteiger partial charge in [0.1, 0.15) is 11.6 Å². The first-order valence-corrected chi connectivity index (χ1v) is 4.94. The van der Waals surface area contributed by atoms with Crippen molar-refractivity contribution in [3.05, 3.63) is 47.7 Å². The van der Waals surface area contributed by atoms with E-state index in [9.17, 15) is 9.18 Å². The second-order valence-corrected chi connectivity index (χ2v) is 3.64. The predicted molar refractivity (Wildman–Crippen MR) is 58.8 cm³/mol. The average Bonchev–Trinajstić information content (AvgIpc) is 2.61. The van der Waals surface area contributed by atoms with Gasteiger partial charge in [-0.25, -0.2) is 4.39 Å². The minimum absolute atomic E-state index is 0.0504. The SMILES string of the molecule is CC(=O)c1c(-c2ccc(F)cc2)coc1C. The van der Waals surface area contributed by atoms with Gasteiger partial charge in [0.2, 0.25) is 0 Å². The van der Waals surface area contributed by atoms with E-state index in [1.54, 1.807) is 19.1 Å². The minimum Gasteiger partial charge on any atom is -0.468 e. The highest BCUT2D eigenvalue weighted by molar-refractivity contribution is 6.01. The summed E-state index contributed by atoms with van der Waals surface area (Å²) in [5, 5.41) is 0. The van der Waals surface area contributed by atoms with Crippen LogP contribution >= 0.6 is 0 Å². The molecule has 0 fully saturated rings. The number of carbonyl (C=O) groups excluding carboxylic acids is 1. The molecule has 0 radical (unpaired) electrons. The highest BCUT2D eigenvalue weighted by Gasteiger charge is 2.15. The molecule has 82 valence electrons. The fourth-order valence-corrected chi connectivity index (χ4v) is 1.73. The molecule has 2 rings (SSSR count). The first-order valence-electron chi connectivity index (χ1n) is 4.94. The Bertz CT molecular complexity index is 523. The topological polar surface area (TPSA) is 30.2 Å². The Balaban J connectivity index is 2.56. The van der Waals surface area contributed by atoms with Crippen LogP contribution in [0.4, 0.5) is 4.39 Å². The van der Waals surface area contributed by atoms with Gasteiger partial charge >= 0.3 is 0 Å². The summed E-state index contributed by atoms with van der Waals surface area (Å²) in [6.07, 6.45) is 1.53. The maximum absolute atomic E-state index is 12.8. The first-order chi connectivity index (χ1) is 7.59. The van der Waals surface area contributed by atoms with Crippen LogP contribution < -0.4 is 0 Å². The Morgan fingerprint density at radius 1 is 1.25 bits per heavy atom. The fraction of sp³-hybridized carbons (Fsp3) is 0.154. The lowest BCUT2D eigenvalue weighted by Crippen LogP contribution is -1.94. The summed E-state index contributed by atoms with van der Waals surface area (Å²) in [5.41, 5.74) is 2.06. The number of aryl methyl sites for hydroxylation is 1. The first kappa shape index (κ1) is 10.6. The molecule has 16 heavy (non-hydrogen) atoms. The van der Waals surface area contributed by atoms with Gasteiger partial charge in [-0.3, -0.25) is 4.79 Å². The Labute approximate surface area is 92.7 Å². The number of benzene rings is 1. The van der Waals surface area contributed by atoms with Crippen LogP contribution in [0.1, 0.15) is 23.0 Å². The van der Waals surface area contributed by atoms with Crippen molar-refractivity contribution in [3.63, 3.8) is 0 Å². The second kappa shape index (κ2) is 3.93. The van der Waals surface area contributed by atoms with Crippen LogP contribution in [0, 0.1) is 12.7 Å². The zero-order valence-electron chi connectivity index (χ0n) is 9.08. The van der Waals surface area contributed by atoms with Crippen molar-refractivity contribution in [2.24, 2.45) is 0 Å². The molecule has 0 spiro atoms. The molecule has 2 nitrogen and oxygen atoms in total. The molecule has 2 aromatic rings. The molecule has 0 unspecified atom stereocenters. The molecule has 3 heteroatoms. The maximum Gasteiger partial charge on any atom is 0.163 e. The van der Waals surface area contributed by atoms with Crippen LogP contribution in [0.5, 0.6) is 0 Å². The summed E-state index contributed by atoms with van der Waals surface area (Å²) in [5.74, 6) is 0.241. The summed E-state index contributed by atoms with van der Waals surface area (Å²) in [4.78, 5) is 11.5. The third-order valence-corrected chi connectivity index (χ3v) is 2.48. The van der Waals surface area contributed by atoms with Gasteiger partial charge in [-0.15, -0.1) is 0 Å². The van der Waals surface area contributed by atoms with Crippen molar-refractivity contribution in [1.29, 1.82) is 0 Å². The molecule has 0 saturated carbocycles. The molecule has 0 amide bonds. The molecule has 0 aliphatic rings. The molecular formula is C13H11FO2. The third-order valence-electron chi connectivity index (χ3n) is 2.48. The quantitative estimate of drug-likeness (QED) is 0.721. The smallest absolute Gasteiger partial charge is 0.163 e. The summed E-state index contributed by atoms with van der Waals surface area (Å²) in [7, 11) is 0. The molecular weight excluding hydrogens is 207 g/mol. The zero-order chi connectivity index (χ0) is 11.7. The van der Waals surface area contributed by atoms with Crippen LogP contribution in [-0.2, 0) is 0 Å². The van der Waals surface area contributed by atoms with E-state index in [2.05, 4.69) is 0 Å². The molecule has 1 heterocycles. The van der Waals surface area contributed by atoms with E-state index in [4.69, 9.17) is 4.42 Å². The van der Waals surface area contributed by atoms with E-state index in [1.807, 2.05) is 0 Å². The van der Waals surface area contributed by atoms with Gasteiger partial charge < -0.3 is 4.42 Å². The number of halogens is 1. The van der Waals surface area contributed by atoms with E-state index < -0.39 is 0 Å². The van der Waals surface area contributed by atoms with Crippen LogP contribution in [0.2, 0.25) is 0 Å². The van der Waals surface area contributed by atoms with E-state index >= 15 is 0 Å². The number of carbonyl (C=O) groups is 1. The minimum atomic E-state index is -0.298. The lowest BCUT2D eigenvalue weighted by molar-refractivity contribution is 0.101. The van der Waals surface area contributed by atoms with Crippen molar-refractivity contribution in [1.82, 2.24) is 0 Å². The number of rotatable bonds is 2. The van der Waals surface area contributed by atoms with E-state index in [1.165, 1.54) is 25.3 Å². The van der Waals surface area contributed by atoms with E-state index in [0.717, 1.165) is 5.56 Å². The van der Waals surface area contributed by atoms with Gasteiger partial charge in [-0.2, -0.15) is 0 Å². The standard InChI is InChI=1S/C13H11FO2/c1-8(15)13-9(2)16-7-12(13)10-3-5-11(14)6-4-10/h3-7H,1-2H3. The van der Waals surface area contributed by atoms with Gasteiger partial charge in [0, 0.05) is 5.56 Å². The molecule has 0 aliphatic carbocycles. The van der Waals surface area contributed by atoms with Gasteiger partial charge in [-0.05, 0) is 31.5 Å². The predicted octanol–water partition coefficient (Wildman–Crippen LogP) is 3.60. The molecule has 0 N–H and O–H groups in total. The summed E-state index contributed by atoms with van der Waals surface area (Å²) in [6, 6.07) is 5.99. The molecule has 0 atom stereocenters. The van der Waals surface area contributed by atoms with E-state index in [0.29, 0.717) is 16.9 Å². The average molecular weight is 218 g/mol. The molecule has 0 aliphatic heterocycles. The number of Topliss-reactive ketones (excluding diaryl/α,β-unsaturated/α-hetero) is 1. The number of hydrogen-bond acceptors (Lipinski definition) is 2. The zero-order valence-corrected chi connectivity index (χ0v) is 9.08. The highest BCUT2D eigenvalue weighted by Crippen LogP contribution is 2.28. The molecule has 1 aromatic heterocycles. The molecule has 0 saturated heterocycles. The number of ketones is 1. The number of furan rings is 1. The summed E-state index contributed by atoms with van der Waals surface area (Å²) < 4.78 is 18.0. The van der Waals surface area contributed by atoms with Crippen molar-refractivity contribution in [2.75, 3.05) is 0 Å². The number of hydrogen-bond donors (Lipinski definition) is 0. The van der Waals surface area contributed by atoms with Gasteiger partial charge in [-0.1, -0.05) is 12.1 Å².